The van der Waals surface area contributed by atoms with E-state index in [1.807, 2.05) is 12.3 Å². The lowest BCUT2D eigenvalue weighted by Gasteiger charge is -1.95. The highest BCUT2D eigenvalue weighted by Gasteiger charge is 2.04. The lowest BCUT2D eigenvalue weighted by atomic mass is 10.1. The fourth-order valence-corrected chi connectivity index (χ4v) is 1.96. The zero-order valence-corrected chi connectivity index (χ0v) is 11.7. The van der Waals surface area contributed by atoms with E-state index in [0.29, 0.717) is 6.42 Å². The molecule has 20 heavy (non-hydrogen) atoms. The number of hydrogen-bond acceptors (Lipinski definition) is 3. The minimum atomic E-state index is -0.157. The monoisotopic (exact) mass is 267 g/mol. The Balaban J connectivity index is 0.000000212. The van der Waals surface area contributed by atoms with Gasteiger partial charge in [0.05, 0.1) is 12.8 Å². The summed E-state index contributed by atoms with van der Waals surface area (Å²) in [5, 5.41) is 2.46. The minimum Gasteiger partial charge on any atom is -0.469 e. The Morgan fingerprint density at radius 2 is 1.85 bits per heavy atom. The molecule has 0 N–H and O–H groups in total. The summed E-state index contributed by atoms with van der Waals surface area (Å²) in [6.07, 6.45) is 2.33. The first-order chi connectivity index (χ1) is 9.76. The van der Waals surface area contributed by atoms with Crippen molar-refractivity contribution in [2.45, 2.75) is 13.3 Å². The molecule has 1 heterocycles. The number of methoxy groups -OCH3 is 1. The van der Waals surface area contributed by atoms with Gasteiger partial charge in [-0.2, -0.15) is 0 Å². The smallest absolute Gasteiger partial charge is 0.305 e. The Morgan fingerprint density at radius 1 is 1.10 bits per heavy atom. The molecule has 102 valence electrons. The summed E-state index contributed by atoms with van der Waals surface area (Å²) >= 11 is 0. The molecule has 3 nitrogen and oxygen atoms in total. The van der Waals surface area contributed by atoms with E-state index in [1.54, 1.807) is 6.92 Å². The van der Waals surface area contributed by atoms with Crippen molar-refractivity contribution in [3.63, 3.8) is 0 Å². The average Bonchev–Trinajstić information content (AvgIpc) is 2.89. The molecule has 1 aromatic carbocycles. The van der Waals surface area contributed by atoms with E-state index in [2.05, 4.69) is 52.2 Å². The molecule has 0 unspecified atom stereocenters. The highest BCUT2D eigenvalue weighted by atomic mass is 16.5. The first-order valence-corrected chi connectivity index (χ1v) is 6.55. The number of nitrogens with zero attached hydrogens (tertiary/aromatic N) is 1. The van der Waals surface area contributed by atoms with Crippen LogP contribution in [0.3, 0.4) is 0 Å². The van der Waals surface area contributed by atoms with Gasteiger partial charge in [0.2, 0.25) is 0 Å². The summed E-state index contributed by atoms with van der Waals surface area (Å²) in [5.41, 5.74) is 2.29. The van der Waals surface area contributed by atoms with Gasteiger partial charge < -0.3 is 4.74 Å². The molecule has 3 rings (SSSR count). The number of fused-ring (bicyclic) bond motifs is 3. The van der Waals surface area contributed by atoms with E-state index in [0.717, 1.165) is 5.69 Å². The predicted molar refractivity (Wildman–Crippen MR) is 80.7 cm³/mol. The van der Waals surface area contributed by atoms with Crippen molar-refractivity contribution in [1.82, 2.24) is 4.98 Å². The van der Waals surface area contributed by atoms with Crippen LogP contribution in [0.5, 0.6) is 0 Å². The Morgan fingerprint density at radius 3 is 2.55 bits per heavy atom. The van der Waals surface area contributed by atoms with Crippen molar-refractivity contribution in [2.75, 3.05) is 7.11 Å². The highest BCUT2D eigenvalue weighted by molar-refractivity contribution is 5.94. The number of benzene rings is 1. The van der Waals surface area contributed by atoms with E-state index in [1.165, 1.54) is 23.4 Å². The van der Waals surface area contributed by atoms with Gasteiger partial charge in [0.25, 0.3) is 0 Å². The van der Waals surface area contributed by atoms with Crippen molar-refractivity contribution in [3.8, 4) is 11.3 Å². The van der Waals surface area contributed by atoms with Gasteiger partial charge in [-0.1, -0.05) is 49.4 Å². The van der Waals surface area contributed by atoms with Gasteiger partial charge in [0, 0.05) is 23.6 Å². The van der Waals surface area contributed by atoms with Crippen molar-refractivity contribution in [3.05, 3.63) is 54.7 Å². The summed E-state index contributed by atoms with van der Waals surface area (Å²) < 4.78 is 4.26. The fourth-order valence-electron chi connectivity index (χ4n) is 1.96. The summed E-state index contributed by atoms with van der Waals surface area (Å²) in [6, 6.07) is 16.7. The molecule has 0 bridgehead atoms. The zero-order valence-electron chi connectivity index (χ0n) is 11.7. The molecule has 0 atom stereocenters. The topological polar surface area (TPSA) is 39.2 Å². The van der Waals surface area contributed by atoms with Crippen molar-refractivity contribution >= 4 is 16.7 Å². The zero-order chi connectivity index (χ0) is 14.4. The van der Waals surface area contributed by atoms with E-state index in [4.69, 9.17) is 0 Å². The summed E-state index contributed by atoms with van der Waals surface area (Å²) in [5.74, 6) is -0.157. The van der Waals surface area contributed by atoms with Crippen LogP contribution in [0.15, 0.2) is 54.7 Å². The molecular weight excluding hydrogens is 250 g/mol. The van der Waals surface area contributed by atoms with Crippen LogP contribution >= 0.6 is 0 Å². The number of carbonyl (C=O) groups is 1. The molecule has 0 spiro atoms. The van der Waals surface area contributed by atoms with Gasteiger partial charge in [0.15, 0.2) is 0 Å². The largest absolute Gasteiger partial charge is 0.469 e. The first-order valence-electron chi connectivity index (χ1n) is 6.55. The molecule has 3 heteroatoms. The van der Waals surface area contributed by atoms with E-state index >= 15 is 0 Å². The van der Waals surface area contributed by atoms with Crippen LogP contribution < -0.4 is 0 Å². The van der Waals surface area contributed by atoms with Gasteiger partial charge >= 0.3 is 5.97 Å². The van der Waals surface area contributed by atoms with Gasteiger partial charge in [-0.15, -0.1) is 0 Å². The molecule has 0 amide bonds. The molecule has 0 radical (unpaired) electrons. The summed E-state index contributed by atoms with van der Waals surface area (Å²) in [7, 11) is 1.38. The van der Waals surface area contributed by atoms with Crippen LogP contribution in [0.1, 0.15) is 13.3 Å². The number of ether oxygens (including phenoxy) is 1. The Hall–Kier alpha value is -2.42. The molecule has 0 saturated carbocycles. The fraction of sp³-hybridized carbons (Fsp3) is 0.176. The molecule has 1 aromatic rings. The van der Waals surface area contributed by atoms with Crippen LogP contribution in [0.25, 0.3) is 22.0 Å². The lowest BCUT2D eigenvalue weighted by molar-refractivity contribution is -0.140. The van der Waals surface area contributed by atoms with Crippen molar-refractivity contribution < 1.29 is 9.53 Å². The third-order valence-corrected chi connectivity index (χ3v) is 3.01. The molecule has 1 aliphatic heterocycles. The van der Waals surface area contributed by atoms with Gasteiger partial charge in [0.1, 0.15) is 0 Å². The maximum absolute atomic E-state index is 9.96. The minimum absolute atomic E-state index is 0.157. The third kappa shape index (κ3) is 3.12. The van der Waals surface area contributed by atoms with Crippen LogP contribution in [0.4, 0.5) is 0 Å². The van der Waals surface area contributed by atoms with Crippen molar-refractivity contribution in [2.24, 2.45) is 0 Å². The molecule has 0 fully saturated rings. The molecule has 0 saturated heterocycles. The van der Waals surface area contributed by atoms with Gasteiger partial charge in [-0.25, -0.2) is 0 Å². The lowest BCUT2D eigenvalue weighted by Crippen LogP contribution is -1.94. The molecule has 1 aliphatic carbocycles. The quantitative estimate of drug-likeness (QED) is 0.627. The molecule has 2 aliphatic rings. The molecule has 0 aromatic heterocycles. The highest BCUT2D eigenvalue weighted by Crippen LogP contribution is 2.27. The normalized spacial score (nSPS) is 9.90. The SMILES string of the molecule is CCC(=O)OC.c1ccc2c3nccc-3cccc2c1. The number of esters is 1. The van der Waals surface area contributed by atoms with E-state index in [9.17, 15) is 4.79 Å². The predicted octanol–water partition coefficient (Wildman–Crippen LogP) is 3.91. The maximum atomic E-state index is 9.96. The van der Waals surface area contributed by atoms with Crippen LogP contribution in [0.2, 0.25) is 0 Å². The summed E-state index contributed by atoms with van der Waals surface area (Å²) in [6.45, 7) is 1.76. The first kappa shape index (κ1) is 14.0. The second kappa shape index (κ2) is 6.66. The van der Waals surface area contributed by atoms with E-state index in [-0.39, 0.29) is 5.97 Å². The van der Waals surface area contributed by atoms with Gasteiger partial charge in [-0.3, -0.25) is 9.78 Å². The Labute approximate surface area is 118 Å². The summed E-state index contributed by atoms with van der Waals surface area (Å²) in [4.78, 5) is 14.3. The molecular formula is C17H17NO2. The van der Waals surface area contributed by atoms with Crippen molar-refractivity contribution in [1.29, 1.82) is 0 Å². The number of rotatable bonds is 1. The second-order valence-electron chi connectivity index (χ2n) is 4.29. The average molecular weight is 267 g/mol. The maximum Gasteiger partial charge on any atom is 0.305 e. The Bertz CT molecular complexity index is 673. The van der Waals surface area contributed by atoms with E-state index < -0.39 is 0 Å². The van der Waals surface area contributed by atoms with Crippen LogP contribution in [-0.2, 0) is 9.53 Å². The Kier molecular flexibility index (Phi) is 4.66. The van der Waals surface area contributed by atoms with Gasteiger partial charge in [-0.05, 0) is 11.5 Å². The van der Waals surface area contributed by atoms with Crippen LogP contribution in [-0.4, -0.2) is 18.1 Å². The standard InChI is InChI=1S/C13H9N.C4H8O2/c1-2-7-12-10(4-1)5-3-6-11-8-9-14-13(11)12;1-3-4(5)6-2/h1-9H;3H2,1-2H3. The van der Waals surface area contributed by atoms with Crippen LogP contribution in [0, 0.1) is 0 Å². The third-order valence-electron chi connectivity index (χ3n) is 3.01. The second-order valence-corrected chi connectivity index (χ2v) is 4.29. The number of hydrogen-bond donors (Lipinski definition) is 0. The number of aromatic nitrogens is 1. The number of carbonyl (C=O) groups excluding carboxylic acids is 1.